The van der Waals surface area contributed by atoms with Gasteiger partial charge < -0.3 is 10.5 Å². The summed E-state index contributed by atoms with van der Waals surface area (Å²) < 4.78 is 5.39. The van der Waals surface area contributed by atoms with Gasteiger partial charge in [0.15, 0.2) is 5.82 Å². The molecule has 5 heteroatoms. The maximum atomic E-state index is 5.92. The zero-order chi connectivity index (χ0) is 11.0. The Bertz CT molecular complexity index is 366. The SMILES string of the molecule is NCC1(c2n[nH]c(C3CC3)n2)CCOCC1. The molecule has 3 N–H and O–H groups in total. The van der Waals surface area contributed by atoms with E-state index in [2.05, 4.69) is 15.2 Å². The molecule has 0 amide bonds. The van der Waals surface area contributed by atoms with Gasteiger partial charge in [0.25, 0.3) is 0 Å². The van der Waals surface area contributed by atoms with Crippen LogP contribution in [0.15, 0.2) is 0 Å². The lowest BCUT2D eigenvalue weighted by Gasteiger charge is -2.33. The molecule has 2 fully saturated rings. The first-order chi connectivity index (χ1) is 7.84. The highest BCUT2D eigenvalue weighted by atomic mass is 16.5. The second kappa shape index (κ2) is 3.82. The smallest absolute Gasteiger partial charge is 0.158 e. The molecule has 2 heterocycles. The quantitative estimate of drug-likeness (QED) is 0.788. The number of hydrogen-bond acceptors (Lipinski definition) is 4. The third kappa shape index (κ3) is 1.64. The molecule has 16 heavy (non-hydrogen) atoms. The number of aromatic amines is 1. The Labute approximate surface area is 94.8 Å². The molecule has 1 aliphatic heterocycles. The Morgan fingerprint density at radius 2 is 2.12 bits per heavy atom. The van der Waals surface area contributed by atoms with Gasteiger partial charge in [0.05, 0.1) is 0 Å². The molecule has 1 saturated carbocycles. The molecular formula is C11H18N4O. The number of rotatable bonds is 3. The maximum Gasteiger partial charge on any atom is 0.158 e. The van der Waals surface area contributed by atoms with E-state index in [0.29, 0.717) is 12.5 Å². The summed E-state index contributed by atoms with van der Waals surface area (Å²) in [4.78, 5) is 4.64. The van der Waals surface area contributed by atoms with Crippen LogP contribution >= 0.6 is 0 Å². The Kier molecular flexibility index (Phi) is 2.44. The van der Waals surface area contributed by atoms with Crippen LogP contribution in [0.5, 0.6) is 0 Å². The van der Waals surface area contributed by atoms with Gasteiger partial charge in [-0.15, -0.1) is 0 Å². The Hall–Kier alpha value is -0.940. The van der Waals surface area contributed by atoms with E-state index in [9.17, 15) is 0 Å². The van der Waals surface area contributed by atoms with Crippen LogP contribution < -0.4 is 5.73 Å². The van der Waals surface area contributed by atoms with Gasteiger partial charge in [-0.2, -0.15) is 5.10 Å². The van der Waals surface area contributed by atoms with E-state index in [4.69, 9.17) is 10.5 Å². The van der Waals surface area contributed by atoms with Crippen molar-refractivity contribution >= 4 is 0 Å². The first-order valence-corrected chi connectivity index (χ1v) is 6.05. The average molecular weight is 222 g/mol. The highest BCUT2D eigenvalue weighted by Crippen LogP contribution is 2.39. The third-order valence-corrected chi connectivity index (χ3v) is 3.78. The molecule has 0 bridgehead atoms. The molecule has 5 nitrogen and oxygen atoms in total. The van der Waals surface area contributed by atoms with Gasteiger partial charge in [0.2, 0.25) is 0 Å². The number of nitrogens with zero attached hydrogens (tertiary/aromatic N) is 2. The lowest BCUT2D eigenvalue weighted by molar-refractivity contribution is 0.0500. The van der Waals surface area contributed by atoms with Crippen molar-refractivity contribution < 1.29 is 4.74 Å². The molecule has 1 aromatic heterocycles. The van der Waals surface area contributed by atoms with Crippen LogP contribution in [0, 0.1) is 0 Å². The van der Waals surface area contributed by atoms with Crippen LogP contribution in [0.1, 0.15) is 43.3 Å². The van der Waals surface area contributed by atoms with Crippen LogP contribution in [-0.2, 0) is 10.2 Å². The van der Waals surface area contributed by atoms with Gasteiger partial charge >= 0.3 is 0 Å². The fourth-order valence-electron chi connectivity index (χ4n) is 2.33. The number of H-pyrrole nitrogens is 1. The Morgan fingerprint density at radius 3 is 2.75 bits per heavy atom. The molecule has 2 aliphatic rings. The number of ether oxygens (including phenoxy) is 1. The average Bonchev–Trinajstić information content (AvgIpc) is 3.08. The van der Waals surface area contributed by atoms with Gasteiger partial charge in [0, 0.05) is 31.1 Å². The topological polar surface area (TPSA) is 76.8 Å². The van der Waals surface area contributed by atoms with Crippen molar-refractivity contribution in [3.63, 3.8) is 0 Å². The summed E-state index contributed by atoms with van der Waals surface area (Å²) in [5, 5.41) is 7.44. The summed E-state index contributed by atoms with van der Waals surface area (Å²) in [5.74, 6) is 2.57. The number of nitrogens with two attached hydrogens (primary N) is 1. The molecule has 0 atom stereocenters. The van der Waals surface area contributed by atoms with Crippen molar-refractivity contribution in [1.29, 1.82) is 0 Å². The molecule has 1 aliphatic carbocycles. The minimum absolute atomic E-state index is 0.0537. The summed E-state index contributed by atoms with van der Waals surface area (Å²) in [6.45, 7) is 2.15. The monoisotopic (exact) mass is 222 g/mol. The van der Waals surface area contributed by atoms with E-state index in [1.54, 1.807) is 0 Å². The molecule has 1 saturated heterocycles. The van der Waals surface area contributed by atoms with E-state index in [1.165, 1.54) is 12.8 Å². The summed E-state index contributed by atoms with van der Waals surface area (Å²) in [7, 11) is 0. The van der Waals surface area contributed by atoms with Crippen molar-refractivity contribution in [2.24, 2.45) is 5.73 Å². The maximum absolute atomic E-state index is 5.92. The molecule has 0 spiro atoms. The zero-order valence-electron chi connectivity index (χ0n) is 9.41. The van der Waals surface area contributed by atoms with Gasteiger partial charge in [-0.25, -0.2) is 4.98 Å². The van der Waals surface area contributed by atoms with Gasteiger partial charge in [-0.1, -0.05) is 0 Å². The number of aromatic nitrogens is 3. The lowest BCUT2D eigenvalue weighted by atomic mass is 9.79. The van der Waals surface area contributed by atoms with Gasteiger partial charge in [-0.3, -0.25) is 5.10 Å². The van der Waals surface area contributed by atoms with E-state index >= 15 is 0 Å². The largest absolute Gasteiger partial charge is 0.381 e. The second-order valence-corrected chi connectivity index (χ2v) is 4.92. The fourth-order valence-corrected chi connectivity index (χ4v) is 2.33. The fraction of sp³-hybridized carbons (Fsp3) is 0.818. The lowest BCUT2D eigenvalue weighted by Crippen LogP contribution is -2.41. The van der Waals surface area contributed by atoms with E-state index in [0.717, 1.165) is 37.7 Å². The predicted molar refractivity (Wildman–Crippen MR) is 59.1 cm³/mol. The summed E-state index contributed by atoms with van der Waals surface area (Å²) >= 11 is 0. The first-order valence-electron chi connectivity index (χ1n) is 6.05. The minimum Gasteiger partial charge on any atom is -0.381 e. The van der Waals surface area contributed by atoms with Crippen molar-refractivity contribution in [3.05, 3.63) is 11.6 Å². The van der Waals surface area contributed by atoms with E-state index in [-0.39, 0.29) is 5.41 Å². The van der Waals surface area contributed by atoms with Crippen molar-refractivity contribution in [2.45, 2.75) is 37.0 Å². The van der Waals surface area contributed by atoms with Gasteiger partial charge in [0.1, 0.15) is 5.82 Å². The Balaban J connectivity index is 1.86. The molecule has 1 aromatic rings. The molecule has 0 radical (unpaired) electrons. The minimum atomic E-state index is -0.0537. The van der Waals surface area contributed by atoms with Crippen LogP contribution in [0.25, 0.3) is 0 Å². The highest BCUT2D eigenvalue weighted by Gasteiger charge is 2.38. The van der Waals surface area contributed by atoms with E-state index < -0.39 is 0 Å². The molecule has 88 valence electrons. The molecule has 0 aromatic carbocycles. The standard InChI is InChI=1S/C11H18N4O/c12-7-11(3-5-16-6-4-11)10-13-9(14-15-10)8-1-2-8/h8H,1-7,12H2,(H,13,14,15). The van der Waals surface area contributed by atoms with Crippen molar-refractivity contribution in [2.75, 3.05) is 19.8 Å². The molecule has 0 unspecified atom stereocenters. The van der Waals surface area contributed by atoms with Crippen LogP contribution in [0.2, 0.25) is 0 Å². The molecule has 3 rings (SSSR count). The van der Waals surface area contributed by atoms with Gasteiger partial charge in [-0.05, 0) is 25.7 Å². The Morgan fingerprint density at radius 1 is 1.38 bits per heavy atom. The van der Waals surface area contributed by atoms with E-state index in [1.807, 2.05) is 0 Å². The number of nitrogens with one attached hydrogen (secondary N) is 1. The summed E-state index contributed by atoms with van der Waals surface area (Å²) in [6, 6.07) is 0. The highest BCUT2D eigenvalue weighted by molar-refractivity contribution is 5.14. The van der Waals surface area contributed by atoms with Crippen molar-refractivity contribution in [3.8, 4) is 0 Å². The first kappa shape index (κ1) is 10.2. The predicted octanol–water partition coefficient (Wildman–Crippen LogP) is 0.689. The summed E-state index contributed by atoms with van der Waals surface area (Å²) in [5.41, 5.74) is 5.87. The number of hydrogen-bond donors (Lipinski definition) is 2. The summed E-state index contributed by atoms with van der Waals surface area (Å²) in [6.07, 6.45) is 4.36. The molecular weight excluding hydrogens is 204 g/mol. The van der Waals surface area contributed by atoms with Crippen LogP contribution in [0.3, 0.4) is 0 Å². The normalized spacial score (nSPS) is 24.6. The van der Waals surface area contributed by atoms with Crippen LogP contribution in [0.4, 0.5) is 0 Å². The zero-order valence-corrected chi connectivity index (χ0v) is 9.41. The van der Waals surface area contributed by atoms with Crippen molar-refractivity contribution in [1.82, 2.24) is 15.2 Å². The second-order valence-electron chi connectivity index (χ2n) is 4.92. The van der Waals surface area contributed by atoms with Crippen LogP contribution in [-0.4, -0.2) is 34.9 Å². The third-order valence-electron chi connectivity index (χ3n) is 3.78.